The molecule has 100 valence electrons. The molecule has 0 radical (unpaired) electrons. The fourth-order valence-corrected chi connectivity index (χ4v) is 2.54. The maximum atomic E-state index is 12.1. The van der Waals surface area contributed by atoms with Gasteiger partial charge < -0.3 is 10.1 Å². The van der Waals surface area contributed by atoms with Crippen molar-refractivity contribution in [1.82, 2.24) is 5.32 Å². The molecular weight excluding hydrogens is 258 g/mol. The van der Waals surface area contributed by atoms with Gasteiger partial charge in [-0.05, 0) is 36.1 Å². The highest BCUT2D eigenvalue weighted by Crippen LogP contribution is 2.18. The molecule has 0 saturated heterocycles. The first-order valence-electron chi connectivity index (χ1n) is 6.13. The van der Waals surface area contributed by atoms with Crippen molar-refractivity contribution in [3.05, 3.63) is 57.8 Å². The van der Waals surface area contributed by atoms with Gasteiger partial charge in [-0.25, -0.2) is 0 Å². The smallest absolute Gasteiger partial charge is 0.251 e. The molecule has 0 aliphatic carbocycles. The van der Waals surface area contributed by atoms with Gasteiger partial charge in [0.2, 0.25) is 0 Å². The Kier molecular flexibility index (Phi) is 4.71. The van der Waals surface area contributed by atoms with Crippen LogP contribution in [0, 0.1) is 0 Å². The summed E-state index contributed by atoms with van der Waals surface area (Å²) < 4.78 is 5.04. The molecule has 0 saturated carbocycles. The van der Waals surface area contributed by atoms with E-state index in [0.717, 1.165) is 10.4 Å². The molecular formula is C15H17NO2S. The molecule has 2 rings (SSSR count). The molecule has 0 aliphatic rings. The van der Waals surface area contributed by atoms with Gasteiger partial charge in [0.1, 0.15) is 0 Å². The summed E-state index contributed by atoms with van der Waals surface area (Å²) in [6.07, 6.45) is 0. The van der Waals surface area contributed by atoms with Crippen LogP contribution in [-0.4, -0.2) is 13.0 Å². The van der Waals surface area contributed by atoms with Gasteiger partial charge in [-0.1, -0.05) is 18.2 Å². The SMILES string of the molecule is COCc1ccc(C(=O)NC(C)c2cccs2)cc1. The Labute approximate surface area is 117 Å². The predicted molar refractivity (Wildman–Crippen MR) is 77.4 cm³/mol. The van der Waals surface area contributed by atoms with Crippen molar-refractivity contribution < 1.29 is 9.53 Å². The van der Waals surface area contributed by atoms with Crippen LogP contribution in [0.15, 0.2) is 41.8 Å². The van der Waals surface area contributed by atoms with E-state index in [-0.39, 0.29) is 11.9 Å². The summed E-state index contributed by atoms with van der Waals surface area (Å²) in [5.74, 6) is -0.0510. The largest absolute Gasteiger partial charge is 0.380 e. The van der Waals surface area contributed by atoms with Crippen molar-refractivity contribution >= 4 is 17.2 Å². The van der Waals surface area contributed by atoms with Crippen LogP contribution in [0.1, 0.15) is 33.8 Å². The van der Waals surface area contributed by atoms with Crippen molar-refractivity contribution in [2.45, 2.75) is 19.6 Å². The van der Waals surface area contributed by atoms with Gasteiger partial charge in [0.25, 0.3) is 5.91 Å². The lowest BCUT2D eigenvalue weighted by molar-refractivity contribution is 0.0940. The number of carbonyl (C=O) groups excluding carboxylic acids is 1. The van der Waals surface area contributed by atoms with Crippen LogP contribution in [0.3, 0.4) is 0 Å². The van der Waals surface area contributed by atoms with E-state index in [1.54, 1.807) is 18.4 Å². The molecule has 0 fully saturated rings. The number of rotatable bonds is 5. The molecule has 19 heavy (non-hydrogen) atoms. The Morgan fingerprint density at radius 1 is 1.32 bits per heavy atom. The molecule has 1 unspecified atom stereocenters. The monoisotopic (exact) mass is 275 g/mol. The van der Waals surface area contributed by atoms with Gasteiger partial charge in [-0.2, -0.15) is 0 Å². The van der Waals surface area contributed by atoms with Crippen LogP contribution >= 0.6 is 11.3 Å². The highest BCUT2D eigenvalue weighted by molar-refractivity contribution is 7.10. The fraction of sp³-hybridized carbons (Fsp3) is 0.267. The molecule has 1 heterocycles. The van der Waals surface area contributed by atoms with Crippen LogP contribution in [0.25, 0.3) is 0 Å². The van der Waals surface area contributed by atoms with Crippen LogP contribution in [0.4, 0.5) is 0 Å². The first kappa shape index (κ1) is 13.8. The van der Waals surface area contributed by atoms with E-state index in [1.165, 1.54) is 0 Å². The van der Waals surface area contributed by atoms with E-state index < -0.39 is 0 Å². The van der Waals surface area contributed by atoms with E-state index >= 15 is 0 Å². The zero-order valence-electron chi connectivity index (χ0n) is 11.1. The maximum Gasteiger partial charge on any atom is 0.251 e. The zero-order valence-corrected chi connectivity index (χ0v) is 11.9. The van der Waals surface area contributed by atoms with E-state index in [9.17, 15) is 4.79 Å². The normalized spacial score (nSPS) is 12.1. The molecule has 3 nitrogen and oxygen atoms in total. The molecule has 1 amide bonds. The molecule has 1 aromatic heterocycles. The Morgan fingerprint density at radius 3 is 2.63 bits per heavy atom. The molecule has 0 bridgehead atoms. The first-order chi connectivity index (χ1) is 9.20. The lowest BCUT2D eigenvalue weighted by Crippen LogP contribution is -2.26. The minimum absolute atomic E-state index is 0.0335. The summed E-state index contributed by atoms with van der Waals surface area (Å²) >= 11 is 1.65. The van der Waals surface area contributed by atoms with Crippen molar-refractivity contribution in [3.63, 3.8) is 0 Å². The number of hydrogen-bond acceptors (Lipinski definition) is 3. The summed E-state index contributed by atoms with van der Waals surface area (Å²) in [5, 5.41) is 5.00. The summed E-state index contributed by atoms with van der Waals surface area (Å²) in [6, 6.07) is 11.5. The third-order valence-corrected chi connectivity index (χ3v) is 3.90. The number of nitrogens with one attached hydrogen (secondary N) is 1. The average molecular weight is 275 g/mol. The van der Waals surface area contributed by atoms with Gasteiger partial charge in [0.15, 0.2) is 0 Å². The van der Waals surface area contributed by atoms with Crippen molar-refractivity contribution in [1.29, 1.82) is 0 Å². The van der Waals surface area contributed by atoms with Crippen LogP contribution < -0.4 is 5.32 Å². The predicted octanol–water partition coefficient (Wildman–Crippen LogP) is 3.39. The van der Waals surface area contributed by atoms with Crippen LogP contribution in [0.2, 0.25) is 0 Å². The highest BCUT2D eigenvalue weighted by atomic mass is 32.1. The van der Waals surface area contributed by atoms with Crippen molar-refractivity contribution in [3.8, 4) is 0 Å². The van der Waals surface area contributed by atoms with E-state index in [1.807, 2.05) is 48.7 Å². The third-order valence-electron chi connectivity index (χ3n) is 2.84. The van der Waals surface area contributed by atoms with Crippen molar-refractivity contribution in [2.24, 2.45) is 0 Å². The van der Waals surface area contributed by atoms with Crippen LogP contribution in [-0.2, 0) is 11.3 Å². The second kappa shape index (κ2) is 6.50. The Balaban J connectivity index is 1.99. The van der Waals surface area contributed by atoms with E-state index in [2.05, 4.69) is 5.32 Å². The Hall–Kier alpha value is -1.65. The lowest BCUT2D eigenvalue weighted by Gasteiger charge is -2.12. The number of ether oxygens (including phenoxy) is 1. The van der Waals surface area contributed by atoms with E-state index in [0.29, 0.717) is 12.2 Å². The summed E-state index contributed by atoms with van der Waals surface area (Å²) in [4.78, 5) is 13.2. The molecule has 1 atom stereocenters. The molecule has 0 spiro atoms. The zero-order chi connectivity index (χ0) is 13.7. The van der Waals surface area contributed by atoms with Crippen LogP contribution in [0.5, 0.6) is 0 Å². The maximum absolute atomic E-state index is 12.1. The van der Waals surface area contributed by atoms with E-state index in [4.69, 9.17) is 4.74 Å². The van der Waals surface area contributed by atoms with Gasteiger partial charge in [0, 0.05) is 17.6 Å². The number of benzene rings is 1. The molecule has 1 aromatic carbocycles. The fourth-order valence-electron chi connectivity index (χ4n) is 1.81. The van der Waals surface area contributed by atoms with Gasteiger partial charge in [-0.15, -0.1) is 11.3 Å². The third kappa shape index (κ3) is 3.66. The number of hydrogen-bond donors (Lipinski definition) is 1. The highest BCUT2D eigenvalue weighted by Gasteiger charge is 2.11. The molecule has 0 aliphatic heterocycles. The second-order valence-electron chi connectivity index (χ2n) is 4.34. The Morgan fingerprint density at radius 2 is 2.05 bits per heavy atom. The summed E-state index contributed by atoms with van der Waals surface area (Å²) in [7, 11) is 1.66. The standard InChI is InChI=1S/C15H17NO2S/c1-11(14-4-3-9-19-14)16-15(17)13-7-5-12(6-8-13)10-18-2/h3-9,11H,10H2,1-2H3,(H,16,17). The average Bonchev–Trinajstić information content (AvgIpc) is 2.94. The Bertz CT molecular complexity index is 520. The topological polar surface area (TPSA) is 38.3 Å². The number of methoxy groups -OCH3 is 1. The second-order valence-corrected chi connectivity index (χ2v) is 5.32. The number of thiophene rings is 1. The minimum Gasteiger partial charge on any atom is -0.380 e. The summed E-state index contributed by atoms with van der Waals surface area (Å²) in [5.41, 5.74) is 1.73. The molecule has 1 N–H and O–H groups in total. The molecule has 4 heteroatoms. The molecule has 2 aromatic rings. The quantitative estimate of drug-likeness (QED) is 0.908. The first-order valence-corrected chi connectivity index (χ1v) is 7.01. The van der Waals surface area contributed by atoms with Gasteiger partial charge in [-0.3, -0.25) is 4.79 Å². The summed E-state index contributed by atoms with van der Waals surface area (Å²) in [6.45, 7) is 2.55. The lowest BCUT2D eigenvalue weighted by atomic mass is 10.1. The van der Waals surface area contributed by atoms with Crippen molar-refractivity contribution in [2.75, 3.05) is 7.11 Å². The number of amides is 1. The minimum atomic E-state index is -0.0510. The van der Waals surface area contributed by atoms with Gasteiger partial charge >= 0.3 is 0 Å². The van der Waals surface area contributed by atoms with Gasteiger partial charge in [0.05, 0.1) is 12.6 Å². The number of carbonyl (C=O) groups is 1.